The average Bonchev–Trinajstić information content (AvgIpc) is 3.80. The number of carbonyl (C=O) groups is 1. The summed E-state index contributed by atoms with van der Waals surface area (Å²) in [6.45, 7) is 0.270. The monoisotopic (exact) mass is 630 g/mol. The predicted molar refractivity (Wildman–Crippen MR) is 163 cm³/mol. The van der Waals surface area contributed by atoms with E-state index in [9.17, 15) is 20.1 Å². The van der Waals surface area contributed by atoms with Crippen molar-refractivity contribution in [3.05, 3.63) is 83.9 Å². The molecule has 1 saturated heterocycles. The summed E-state index contributed by atoms with van der Waals surface area (Å²) in [5, 5.41) is 44.2. The van der Waals surface area contributed by atoms with Gasteiger partial charge in [0.05, 0.1) is 13.4 Å². The van der Waals surface area contributed by atoms with Gasteiger partial charge >= 0.3 is 0 Å². The van der Waals surface area contributed by atoms with Crippen LogP contribution in [0.2, 0.25) is 0 Å². The molecule has 0 unspecified atom stereocenters. The molecule has 0 radical (unpaired) electrons. The average molecular weight is 631 g/mol. The fourth-order valence-corrected chi connectivity index (χ4v) is 5.45. The van der Waals surface area contributed by atoms with Crippen molar-refractivity contribution in [2.75, 3.05) is 36.4 Å². The SMILES string of the molecule is Cn1nnc([C@H]2O[C@@H](n3cnc4c(N(CO)CCc5ccccc5)nc(N(CO)CCc5ccccc5)nc43)[C@H](O)[C@@H]2OC=O)n1. The van der Waals surface area contributed by atoms with Crippen molar-refractivity contribution in [2.24, 2.45) is 7.05 Å². The molecule has 1 aliphatic heterocycles. The zero-order chi connectivity index (χ0) is 32.0. The van der Waals surface area contributed by atoms with Crippen molar-refractivity contribution in [1.82, 2.24) is 39.7 Å². The van der Waals surface area contributed by atoms with E-state index in [2.05, 4.69) is 20.4 Å². The second-order valence-electron chi connectivity index (χ2n) is 10.7. The molecule has 1 aliphatic rings. The number of nitrogens with zero attached hydrogens (tertiary/aromatic N) is 10. The Kier molecular flexibility index (Phi) is 9.39. The van der Waals surface area contributed by atoms with Crippen molar-refractivity contribution in [3.63, 3.8) is 0 Å². The normalized spacial score (nSPS) is 19.4. The third kappa shape index (κ3) is 6.36. The van der Waals surface area contributed by atoms with Gasteiger partial charge in [0.25, 0.3) is 6.47 Å². The standard InChI is InChI=1S/C30H34N10O6/c1-37-35-26(34-36-37)25-24(45-19-43)23(44)29(46-25)40-16-31-22-27(38(17-41)14-12-20-8-4-2-5-9-20)32-30(33-28(22)40)39(18-42)15-13-21-10-6-3-7-11-21/h2-11,16,19,23-25,29,41-42,44H,12-15,17-18H2,1H3/t23-,24+,25+,29-/m1/s1. The number of aromatic nitrogens is 8. The number of aliphatic hydroxyl groups excluding tert-OH is 3. The van der Waals surface area contributed by atoms with Crippen molar-refractivity contribution in [3.8, 4) is 0 Å². The summed E-state index contributed by atoms with van der Waals surface area (Å²) in [5.74, 6) is 0.632. The lowest BCUT2D eigenvalue weighted by Crippen LogP contribution is -2.33. The molecule has 16 heteroatoms. The van der Waals surface area contributed by atoms with Gasteiger partial charge in [-0.1, -0.05) is 60.7 Å². The third-order valence-corrected chi connectivity index (χ3v) is 7.82. The molecule has 16 nitrogen and oxygen atoms in total. The van der Waals surface area contributed by atoms with E-state index >= 15 is 0 Å². The first-order chi connectivity index (χ1) is 22.5. The molecule has 0 saturated carbocycles. The Bertz CT molecular complexity index is 1740. The van der Waals surface area contributed by atoms with Crippen LogP contribution in [0.4, 0.5) is 11.8 Å². The van der Waals surface area contributed by atoms with Gasteiger partial charge in [-0.05, 0) is 29.2 Å². The molecule has 1 fully saturated rings. The van der Waals surface area contributed by atoms with E-state index in [1.54, 1.807) is 16.8 Å². The Hall–Kier alpha value is -5.03. The highest BCUT2D eigenvalue weighted by atomic mass is 16.6. The Labute approximate surface area is 263 Å². The Morgan fingerprint density at radius 2 is 1.61 bits per heavy atom. The molecule has 4 atom stereocenters. The number of anilines is 2. The smallest absolute Gasteiger partial charge is 0.293 e. The van der Waals surface area contributed by atoms with Crippen molar-refractivity contribution in [2.45, 2.75) is 37.4 Å². The van der Waals surface area contributed by atoms with Crippen LogP contribution in [0.15, 0.2) is 67.0 Å². The summed E-state index contributed by atoms with van der Waals surface area (Å²) < 4.78 is 12.9. The van der Waals surface area contributed by atoms with E-state index in [0.717, 1.165) is 11.1 Å². The van der Waals surface area contributed by atoms with Gasteiger partial charge in [-0.15, -0.1) is 10.2 Å². The highest BCUT2D eigenvalue weighted by molar-refractivity contribution is 5.85. The molecule has 4 heterocycles. The Morgan fingerprint density at radius 3 is 2.20 bits per heavy atom. The number of imidazole rings is 1. The maximum atomic E-state index is 11.4. The lowest BCUT2D eigenvalue weighted by molar-refractivity contribution is -0.140. The topological polar surface area (TPSA) is 190 Å². The number of carbonyl (C=O) groups excluding carboxylic acids is 1. The van der Waals surface area contributed by atoms with E-state index in [1.165, 1.54) is 15.7 Å². The fourth-order valence-electron chi connectivity index (χ4n) is 5.45. The molecule has 240 valence electrons. The van der Waals surface area contributed by atoms with Crippen molar-refractivity contribution < 1.29 is 29.6 Å². The highest BCUT2D eigenvalue weighted by Crippen LogP contribution is 2.40. The van der Waals surface area contributed by atoms with Crippen LogP contribution in [-0.2, 0) is 34.2 Å². The van der Waals surface area contributed by atoms with Crippen LogP contribution in [0.3, 0.4) is 0 Å². The molecule has 0 amide bonds. The molecule has 0 bridgehead atoms. The number of benzene rings is 2. The molecule has 0 aliphatic carbocycles. The molecule has 5 aromatic rings. The lowest BCUT2D eigenvalue weighted by atomic mass is 10.1. The zero-order valence-electron chi connectivity index (χ0n) is 25.0. The van der Waals surface area contributed by atoms with Gasteiger partial charge in [-0.25, -0.2) is 4.98 Å². The van der Waals surface area contributed by atoms with Gasteiger partial charge < -0.3 is 34.6 Å². The van der Waals surface area contributed by atoms with Crippen LogP contribution in [0.5, 0.6) is 0 Å². The summed E-state index contributed by atoms with van der Waals surface area (Å²) in [4.78, 5) is 30.0. The van der Waals surface area contributed by atoms with E-state index < -0.39 is 24.5 Å². The highest BCUT2D eigenvalue weighted by Gasteiger charge is 2.49. The van der Waals surface area contributed by atoms with Gasteiger partial charge in [0.2, 0.25) is 11.8 Å². The number of fused-ring (bicyclic) bond motifs is 1. The Morgan fingerprint density at radius 1 is 0.957 bits per heavy atom. The lowest BCUT2D eigenvalue weighted by Gasteiger charge is -2.25. The number of tetrazole rings is 1. The quantitative estimate of drug-likeness (QED) is 0.114. The molecule has 3 aromatic heterocycles. The first-order valence-corrected chi connectivity index (χ1v) is 14.7. The number of aryl methyl sites for hydroxylation is 1. The van der Waals surface area contributed by atoms with Gasteiger partial charge in [0.15, 0.2) is 35.4 Å². The molecule has 2 aromatic carbocycles. The summed E-state index contributed by atoms with van der Waals surface area (Å²) in [6.07, 6.45) is -2.01. The van der Waals surface area contributed by atoms with Crippen molar-refractivity contribution >= 4 is 29.4 Å². The minimum atomic E-state index is -1.36. The number of hydrogen-bond donors (Lipinski definition) is 3. The van der Waals surface area contributed by atoms with E-state index in [0.29, 0.717) is 37.3 Å². The number of ether oxygens (including phenoxy) is 2. The van der Waals surface area contributed by atoms with Crippen LogP contribution >= 0.6 is 0 Å². The molecule has 3 N–H and O–H groups in total. The van der Waals surface area contributed by atoms with Crippen LogP contribution in [-0.4, -0.2) is 100 Å². The van der Waals surface area contributed by atoms with Crippen LogP contribution in [0, 0.1) is 0 Å². The minimum Gasteiger partial charge on any atom is -0.458 e. The van der Waals surface area contributed by atoms with Gasteiger partial charge in [0.1, 0.15) is 19.6 Å². The fraction of sp³-hybridized carbons (Fsp3) is 0.367. The summed E-state index contributed by atoms with van der Waals surface area (Å²) in [6, 6.07) is 19.7. The molecule has 0 spiro atoms. The minimum absolute atomic E-state index is 0.121. The second-order valence-corrected chi connectivity index (χ2v) is 10.7. The summed E-state index contributed by atoms with van der Waals surface area (Å²) in [5.41, 5.74) is 2.73. The maximum Gasteiger partial charge on any atom is 0.293 e. The van der Waals surface area contributed by atoms with Crippen LogP contribution in [0.1, 0.15) is 29.3 Å². The Balaban J connectivity index is 1.39. The largest absolute Gasteiger partial charge is 0.458 e. The zero-order valence-corrected chi connectivity index (χ0v) is 25.0. The number of rotatable bonds is 14. The molecule has 46 heavy (non-hydrogen) atoms. The first kappa shape index (κ1) is 31.0. The van der Waals surface area contributed by atoms with Crippen molar-refractivity contribution in [1.29, 1.82) is 0 Å². The number of hydrogen-bond acceptors (Lipinski definition) is 14. The summed E-state index contributed by atoms with van der Waals surface area (Å²) in [7, 11) is 1.58. The van der Waals surface area contributed by atoms with Crippen LogP contribution in [0.25, 0.3) is 11.2 Å². The van der Waals surface area contributed by atoms with Gasteiger partial charge in [0, 0.05) is 13.1 Å². The third-order valence-electron chi connectivity index (χ3n) is 7.82. The molecular weight excluding hydrogens is 596 g/mol. The van der Waals surface area contributed by atoms with Gasteiger partial charge in [-0.2, -0.15) is 14.8 Å². The predicted octanol–water partition coefficient (Wildman–Crippen LogP) is 0.520. The molecule has 6 rings (SSSR count). The van der Waals surface area contributed by atoms with E-state index in [4.69, 9.17) is 19.4 Å². The molecular formula is C30H34N10O6. The number of aliphatic hydroxyl groups is 3. The first-order valence-electron chi connectivity index (χ1n) is 14.7. The van der Waals surface area contributed by atoms with Gasteiger partial charge in [-0.3, -0.25) is 9.36 Å². The van der Waals surface area contributed by atoms with E-state index in [1.807, 2.05) is 60.7 Å². The summed E-state index contributed by atoms with van der Waals surface area (Å²) >= 11 is 0. The van der Waals surface area contributed by atoms with E-state index in [-0.39, 0.29) is 37.4 Å². The second kappa shape index (κ2) is 13.9. The van der Waals surface area contributed by atoms with Crippen LogP contribution < -0.4 is 9.80 Å². The maximum absolute atomic E-state index is 11.4.